The quantitative estimate of drug-likeness (QED) is 0.747. The summed E-state index contributed by atoms with van der Waals surface area (Å²) in [5.41, 5.74) is 1.29. The van der Waals surface area contributed by atoms with Crippen molar-refractivity contribution in [3.8, 4) is 5.75 Å². The minimum absolute atomic E-state index is 0.519. The maximum atomic E-state index is 5.43. The molecule has 1 unspecified atom stereocenters. The molecule has 0 aromatic heterocycles. The summed E-state index contributed by atoms with van der Waals surface area (Å²) in [6.45, 7) is 7.73. The fourth-order valence-corrected chi connectivity index (χ4v) is 3.19. The first-order valence-corrected chi connectivity index (χ1v) is 8.25. The van der Waals surface area contributed by atoms with Gasteiger partial charge in [0.25, 0.3) is 0 Å². The van der Waals surface area contributed by atoms with Crippen molar-refractivity contribution < 1.29 is 4.74 Å². The summed E-state index contributed by atoms with van der Waals surface area (Å²) in [7, 11) is 1.74. The van der Waals surface area contributed by atoms with Gasteiger partial charge in [-0.3, -0.25) is 0 Å². The summed E-state index contributed by atoms with van der Waals surface area (Å²) in [5, 5.41) is 3.58. The molecule has 0 saturated heterocycles. The lowest BCUT2D eigenvalue weighted by Crippen LogP contribution is -2.33. The van der Waals surface area contributed by atoms with Gasteiger partial charge in [-0.2, -0.15) is 11.8 Å². The molecule has 1 atom stereocenters. The van der Waals surface area contributed by atoms with Gasteiger partial charge in [-0.25, -0.2) is 0 Å². The zero-order chi connectivity index (χ0) is 14.1. The number of likely N-dealkylation sites (N-methyl/N-ethyl adjacent to an activating group) is 1. The molecule has 108 valence electrons. The molecule has 0 aliphatic carbocycles. The van der Waals surface area contributed by atoms with Gasteiger partial charge >= 0.3 is 0 Å². The third-order valence-electron chi connectivity index (χ3n) is 2.92. The second-order valence-electron chi connectivity index (χ2n) is 5.20. The van der Waals surface area contributed by atoms with Crippen LogP contribution >= 0.6 is 11.8 Å². The van der Waals surface area contributed by atoms with E-state index in [4.69, 9.17) is 4.74 Å². The van der Waals surface area contributed by atoms with Crippen LogP contribution in [0.4, 0.5) is 0 Å². The molecule has 0 fully saturated rings. The predicted octanol–water partition coefficient (Wildman–Crippen LogP) is 3.61. The number of methoxy groups -OCH3 is 1. The Morgan fingerprint density at radius 3 is 2.58 bits per heavy atom. The first-order valence-electron chi connectivity index (χ1n) is 7.10. The Bertz CT molecular complexity index is 354. The lowest BCUT2D eigenvalue weighted by molar-refractivity contribution is 0.406. The van der Waals surface area contributed by atoms with Crippen molar-refractivity contribution in [1.82, 2.24) is 5.32 Å². The van der Waals surface area contributed by atoms with Crippen LogP contribution in [0.25, 0.3) is 0 Å². The topological polar surface area (TPSA) is 21.3 Å². The zero-order valence-corrected chi connectivity index (χ0v) is 13.4. The molecule has 0 spiro atoms. The minimum atomic E-state index is 0.519. The van der Waals surface area contributed by atoms with E-state index in [1.54, 1.807) is 7.11 Å². The third-order valence-corrected chi connectivity index (χ3v) is 4.46. The van der Waals surface area contributed by atoms with Crippen LogP contribution in [0.1, 0.15) is 26.3 Å². The lowest BCUT2D eigenvalue weighted by Gasteiger charge is -2.19. The molecule has 0 amide bonds. The van der Waals surface area contributed by atoms with Crippen molar-refractivity contribution in [2.24, 2.45) is 5.92 Å². The summed E-state index contributed by atoms with van der Waals surface area (Å²) in [6.07, 6.45) is 1.03. The van der Waals surface area contributed by atoms with Crippen molar-refractivity contribution in [2.75, 3.05) is 25.2 Å². The number of ether oxygens (including phenoxy) is 1. The molecule has 1 aromatic carbocycles. The average molecular weight is 281 g/mol. The number of hydrogen-bond acceptors (Lipinski definition) is 3. The maximum Gasteiger partial charge on any atom is 0.122 e. The molecule has 0 heterocycles. The van der Waals surface area contributed by atoms with Crippen LogP contribution in [0.15, 0.2) is 24.3 Å². The Morgan fingerprint density at radius 1 is 1.21 bits per heavy atom. The molecule has 0 aliphatic heterocycles. The fourth-order valence-electron chi connectivity index (χ4n) is 2.06. The maximum absolute atomic E-state index is 5.43. The van der Waals surface area contributed by atoms with E-state index < -0.39 is 0 Å². The van der Waals surface area contributed by atoms with Crippen molar-refractivity contribution in [1.29, 1.82) is 0 Å². The number of nitrogens with one attached hydrogen (secondary N) is 1. The van der Waals surface area contributed by atoms with Gasteiger partial charge in [0.05, 0.1) is 7.11 Å². The fraction of sp³-hybridized carbons (Fsp3) is 0.625. The normalized spacial score (nSPS) is 12.7. The highest BCUT2D eigenvalue weighted by atomic mass is 32.2. The lowest BCUT2D eigenvalue weighted by atomic mass is 10.1. The first kappa shape index (κ1) is 16.4. The summed E-state index contributed by atoms with van der Waals surface area (Å²) >= 11 is 2.04. The number of hydrogen-bond donors (Lipinski definition) is 1. The molecule has 0 saturated carbocycles. The number of para-hydroxylation sites is 1. The Morgan fingerprint density at radius 2 is 1.95 bits per heavy atom. The molecule has 0 bridgehead atoms. The summed E-state index contributed by atoms with van der Waals surface area (Å²) in [5.74, 6) is 4.15. The van der Waals surface area contributed by atoms with Crippen molar-refractivity contribution in [3.63, 3.8) is 0 Å². The molecule has 1 aromatic rings. The highest BCUT2D eigenvalue weighted by molar-refractivity contribution is 7.99. The van der Waals surface area contributed by atoms with Crippen LogP contribution in [0.5, 0.6) is 5.75 Å². The molecule has 0 radical (unpaired) electrons. The highest BCUT2D eigenvalue weighted by Gasteiger charge is 2.11. The predicted molar refractivity (Wildman–Crippen MR) is 86.3 cm³/mol. The van der Waals surface area contributed by atoms with Crippen LogP contribution in [-0.4, -0.2) is 31.2 Å². The van der Waals surface area contributed by atoms with E-state index in [9.17, 15) is 0 Å². The van der Waals surface area contributed by atoms with Gasteiger partial charge in [0, 0.05) is 11.8 Å². The summed E-state index contributed by atoms with van der Waals surface area (Å²) in [6, 6.07) is 8.83. The minimum Gasteiger partial charge on any atom is -0.496 e. The monoisotopic (exact) mass is 281 g/mol. The SMILES string of the molecule is CCNC(CSCC(C)C)Cc1ccccc1OC. The van der Waals surface area contributed by atoms with E-state index in [-0.39, 0.29) is 0 Å². The standard InChI is InChI=1S/C16H27NOS/c1-5-17-15(12-19-11-13(2)3)10-14-8-6-7-9-16(14)18-4/h6-9,13,15,17H,5,10-12H2,1-4H3. The van der Waals surface area contributed by atoms with Crippen molar-refractivity contribution in [3.05, 3.63) is 29.8 Å². The molecule has 1 rings (SSSR count). The summed E-state index contributed by atoms with van der Waals surface area (Å²) in [4.78, 5) is 0. The molecule has 2 nitrogen and oxygen atoms in total. The molecule has 19 heavy (non-hydrogen) atoms. The van der Waals surface area contributed by atoms with Crippen LogP contribution in [0.2, 0.25) is 0 Å². The molecule has 0 aliphatic rings. The van der Waals surface area contributed by atoms with E-state index in [0.717, 1.165) is 30.4 Å². The molecule has 3 heteroatoms. The average Bonchev–Trinajstić information content (AvgIpc) is 2.39. The zero-order valence-electron chi connectivity index (χ0n) is 12.6. The molecular weight excluding hydrogens is 254 g/mol. The molecular formula is C16H27NOS. The largest absolute Gasteiger partial charge is 0.496 e. The van der Waals surface area contributed by atoms with Crippen molar-refractivity contribution in [2.45, 2.75) is 33.2 Å². The van der Waals surface area contributed by atoms with Gasteiger partial charge in [-0.05, 0) is 36.3 Å². The van der Waals surface area contributed by atoms with E-state index in [2.05, 4.69) is 38.2 Å². The van der Waals surface area contributed by atoms with Crippen LogP contribution in [0.3, 0.4) is 0 Å². The van der Waals surface area contributed by atoms with E-state index in [0.29, 0.717) is 6.04 Å². The smallest absolute Gasteiger partial charge is 0.122 e. The third kappa shape index (κ3) is 6.35. The van der Waals surface area contributed by atoms with Crippen LogP contribution in [-0.2, 0) is 6.42 Å². The number of benzene rings is 1. The van der Waals surface area contributed by atoms with Gasteiger partial charge in [-0.1, -0.05) is 39.0 Å². The van der Waals surface area contributed by atoms with Gasteiger partial charge in [0.1, 0.15) is 5.75 Å². The Labute approximate surface area is 122 Å². The van der Waals surface area contributed by atoms with Crippen LogP contribution in [0, 0.1) is 5.92 Å². The van der Waals surface area contributed by atoms with Gasteiger partial charge in [-0.15, -0.1) is 0 Å². The second-order valence-corrected chi connectivity index (χ2v) is 6.28. The Kier molecular flexibility index (Phi) is 7.99. The van der Waals surface area contributed by atoms with Crippen LogP contribution < -0.4 is 10.1 Å². The van der Waals surface area contributed by atoms with Gasteiger partial charge in [0.2, 0.25) is 0 Å². The van der Waals surface area contributed by atoms with E-state index >= 15 is 0 Å². The summed E-state index contributed by atoms with van der Waals surface area (Å²) < 4.78 is 5.43. The number of rotatable bonds is 9. The highest BCUT2D eigenvalue weighted by Crippen LogP contribution is 2.20. The van der Waals surface area contributed by atoms with E-state index in [1.165, 1.54) is 11.3 Å². The Hall–Kier alpha value is -0.670. The van der Waals surface area contributed by atoms with E-state index in [1.807, 2.05) is 23.9 Å². The first-order chi connectivity index (χ1) is 9.17. The number of thioether (sulfide) groups is 1. The second kappa shape index (κ2) is 9.27. The van der Waals surface area contributed by atoms with Gasteiger partial charge < -0.3 is 10.1 Å². The molecule has 1 N–H and O–H groups in total. The van der Waals surface area contributed by atoms with Gasteiger partial charge in [0.15, 0.2) is 0 Å². The Balaban J connectivity index is 2.56. The van der Waals surface area contributed by atoms with Crippen molar-refractivity contribution >= 4 is 11.8 Å².